The molecule has 84 valence electrons. The van der Waals surface area contributed by atoms with Gasteiger partial charge in [-0.3, -0.25) is 0 Å². The molecule has 0 saturated heterocycles. The second kappa shape index (κ2) is 6.31. The van der Waals surface area contributed by atoms with Crippen molar-refractivity contribution in [3.63, 3.8) is 0 Å². The molecule has 0 atom stereocenters. The number of anilines is 1. The Morgan fingerprint density at radius 2 is 2.07 bits per heavy atom. The first-order valence-electron chi connectivity index (χ1n) is 4.93. The predicted octanol–water partition coefficient (Wildman–Crippen LogP) is 0.279. The van der Waals surface area contributed by atoms with Crippen LogP contribution in [0.5, 0.6) is 0 Å². The van der Waals surface area contributed by atoms with E-state index in [2.05, 4.69) is 15.3 Å². The first kappa shape index (κ1) is 11.9. The summed E-state index contributed by atoms with van der Waals surface area (Å²) in [5, 5.41) is 3.05. The molecule has 0 aliphatic rings. The molecule has 0 aliphatic carbocycles. The van der Waals surface area contributed by atoms with Crippen molar-refractivity contribution in [3.05, 3.63) is 18.0 Å². The van der Waals surface area contributed by atoms with Crippen LogP contribution in [0.25, 0.3) is 0 Å². The van der Waals surface area contributed by atoms with Crippen LogP contribution in [0.2, 0.25) is 0 Å². The Hall–Kier alpha value is -1.20. The van der Waals surface area contributed by atoms with Crippen LogP contribution in [0, 0.1) is 0 Å². The van der Waals surface area contributed by atoms with Gasteiger partial charge in [0.25, 0.3) is 0 Å². The molecule has 0 unspecified atom stereocenters. The minimum atomic E-state index is 0.679. The lowest BCUT2D eigenvalue weighted by Gasteiger charge is -2.16. The zero-order chi connectivity index (χ0) is 11.1. The molecule has 1 N–H and O–H groups in total. The van der Waals surface area contributed by atoms with Gasteiger partial charge >= 0.3 is 0 Å². The molecule has 0 radical (unpaired) electrons. The Morgan fingerprint density at radius 1 is 1.40 bits per heavy atom. The fourth-order valence-corrected chi connectivity index (χ4v) is 1.17. The number of hydrogen-bond acceptors (Lipinski definition) is 5. The normalized spacial score (nSPS) is 10.3. The van der Waals surface area contributed by atoms with Crippen molar-refractivity contribution in [1.82, 2.24) is 15.3 Å². The van der Waals surface area contributed by atoms with Crippen molar-refractivity contribution in [2.45, 2.75) is 6.54 Å². The molecule has 0 aliphatic heterocycles. The number of nitrogens with one attached hydrogen (secondary N) is 1. The summed E-state index contributed by atoms with van der Waals surface area (Å²) in [6.45, 7) is 2.27. The summed E-state index contributed by atoms with van der Waals surface area (Å²) < 4.78 is 4.99. The third-order valence-electron chi connectivity index (χ3n) is 2.04. The van der Waals surface area contributed by atoms with E-state index < -0.39 is 0 Å². The molecular weight excluding hydrogens is 192 g/mol. The molecule has 0 spiro atoms. The van der Waals surface area contributed by atoms with Gasteiger partial charge in [-0.05, 0) is 7.05 Å². The van der Waals surface area contributed by atoms with Gasteiger partial charge in [-0.1, -0.05) is 0 Å². The van der Waals surface area contributed by atoms with Crippen molar-refractivity contribution in [3.8, 4) is 0 Å². The summed E-state index contributed by atoms with van der Waals surface area (Å²) in [5.74, 6) is 0.729. The molecular formula is C10H18N4O. The summed E-state index contributed by atoms with van der Waals surface area (Å²) in [6.07, 6.45) is 3.67. The average molecular weight is 210 g/mol. The van der Waals surface area contributed by atoms with Crippen LogP contribution in [-0.2, 0) is 11.3 Å². The van der Waals surface area contributed by atoms with E-state index in [4.69, 9.17) is 4.74 Å². The third kappa shape index (κ3) is 3.81. The number of ether oxygens (including phenoxy) is 1. The molecule has 0 bridgehead atoms. The minimum absolute atomic E-state index is 0.679. The van der Waals surface area contributed by atoms with E-state index in [1.165, 1.54) is 0 Å². The number of nitrogens with zero attached hydrogens (tertiary/aromatic N) is 3. The van der Waals surface area contributed by atoms with Crippen LogP contribution in [0.4, 0.5) is 5.95 Å². The van der Waals surface area contributed by atoms with E-state index in [-0.39, 0.29) is 0 Å². The van der Waals surface area contributed by atoms with Gasteiger partial charge in [0.2, 0.25) is 5.95 Å². The summed E-state index contributed by atoms with van der Waals surface area (Å²) in [6, 6.07) is 0. The number of likely N-dealkylation sites (N-methyl/N-ethyl adjacent to an activating group) is 1. The summed E-state index contributed by atoms with van der Waals surface area (Å²) in [5.41, 5.74) is 1.08. The Balaban J connectivity index is 2.54. The molecule has 1 heterocycles. The van der Waals surface area contributed by atoms with E-state index >= 15 is 0 Å². The topological polar surface area (TPSA) is 50.3 Å². The van der Waals surface area contributed by atoms with Gasteiger partial charge in [0.15, 0.2) is 0 Å². The maximum Gasteiger partial charge on any atom is 0.225 e. The third-order valence-corrected chi connectivity index (χ3v) is 2.04. The number of hydrogen-bond donors (Lipinski definition) is 1. The minimum Gasteiger partial charge on any atom is -0.383 e. The molecule has 0 amide bonds. The highest BCUT2D eigenvalue weighted by Crippen LogP contribution is 2.04. The molecule has 5 nitrogen and oxygen atoms in total. The predicted molar refractivity (Wildman–Crippen MR) is 59.9 cm³/mol. The smallest absolute Gasteiger partial charge is 0.225 e. The highest BCUT2D eigenvalue weighted by molar-refractivity contribution is 5.28. The monoisotopic (exact) mass is 210 g/mol. The molecule has 0 saturated carbocycles. The van der Waals surface area contributed by atoms with Crippen LogP contribution in [0.15, 0.2) is 12.4 Å². The first-order valence-corrected chi connectivity index (χ1v) is 4.93. The van der Waals surface area contributed by atoms with Crippen LogP contribution in [0.1, 0.15) is 5.56 Å². The van der Waals surface area contributed by atoms with Crippen LogP contribution in [0.3, 0.4) is 0 Å². The van der Waals surface area contributed by atoms with Gasteiger partial charge in [-0.25, -0.2) is 9.97 Å². The lowest BCUT2D eigenvalue weighted by molar-refractivity contribution is 0.206. The maximum absolute atomic E-state index is 4.99. The highest BCUT2D eigenvalue weighted by atomic mass is 16.5. The van der Waals surface area contributed by atoms with E-state index in [0.29, 0.717) is 6.61 Å². The lowest BCUT2D eigenvalue weighted by Crippen LogP contribution is -2.24. The maximum atomic E-state index is 4.99. The first-order chi connectivity index (χ1) is 7.27. The van der Waals surface area contributed by atoms with Crippen molar-refractivity contribution in [2.75, 3.05) is 39.3 Å². The lowest BCUT2D eigenvalue weighted by atomic mass is 10.3. The quantitative estimate of drug-likeness (QED) is 0.731. The van der Waals surface area contributed by atoms with Gasteiger partial charge in [-0.2, -0.15) is 0 Å². The Morgan fingerprint density at radius 3 is 2.60 bits per heavy atom. The number of rotatable bonds is 6. The highest BCUT2D eigenvalue weighted by Gasteiger charge is 2.02. The summed E-state index contributed by atoms with van der Waals surface area (Å²) >= 11 is 0. The Labute approximate surface area is 90.5 Å². The Bertz CT molecular complexity index is 275. The summed E-state index contributed by atoms with van der Waals surface area (Å²) in [4.78, 5) is 10.5. The van der Waals surface area contributed by atoms with Crippen molar-refractivity contribution in [2.24, 2.45) is 0 Å². The molecule has 5 heteroatoms. The van der Waals surface area contributed by atoms with Gasteiger partial charge < -0.3 is 15.0 Å². The van der Waals surface area contributed by atoms with Gasteiger partial charge in [0.1, 0.15) is 0 Å². The zero-order valence-electron chi connectivity index (χ0n) is 9.53. The summed E-state index contributed by atoms with van der Waals surface area (Å²) in [7, 11) is 5.54. The Kier molecular flexibility index (Phi) is 5.00. The molecule has 0 fully saturated rings. The van der Waals surface area contributed by atoms with Crippen molar-refractivity contribution < 1.29 is 4.74 Å². The second-order valence-electron chi connectivity index (χ2n) is 3.34. The number of methoxy groups -OCH3 is 1. The standard InChI is InChI=1S/C10H18N4O/c1-11-6-9-7-12-10(13-8-9)14(2)4-5-15-3/h7-8,11H,4-6H2,1-3H3. The van der Waals surface area contributed by atoms with Crippen molar-refractivity contribution in [1.29, 1.82) is 0 Å². The van der Waals surface area contributed by atoms with E-state index in [9.17, 15) is 0 Å². The molecule has 15 heavy (non-hydrogen) atoms. The molecule has 1 aromatic heterocycles. The van der Waals surface area contributed by atoms with Crippen molar-refractivity contribution >= 4 is 5.95 Å². The second-order valence-corrected chi connectivity index (χ2v) is 3.34. The fraction of sp³-hybridized carbons (Fsp3) is 0.600. The average Bonchev–Trinajstić information content (AvgIpc) is 2.27. The van der Waals surface area contributed by atoms with Gasteiger partial charge in [0.05, 0.1) is 6.61 Å². The SMILES string of the molecule is CNCc1cnc(N(C)CCOC)nc1. The van der Waals surface area contributed by atoms with Gasteiger partial charge in [0, 0.05) is 45.2 Å². The van der Waals surface area contributed by atoms with Crippen LogP contribution < -0.4 is 10.2 Å². The number of aromatic nitrogens is 2. The largest absolute Gasteiger partial charge is 0.383 e. The molecule has 0 aromatic carbocycles. The van der Waals surface area contributed by atoms with Gasteiger partial charge in [-0.15, -0.1) is 0 Å². The van der Waals surface area contributed by atoms with Crippen LogP contribution >= 0.6 is 0 Å². The van der Waals surface area contributed by atoms with E-state index in [1.807, 2.05) is 31.4 Å². The fourth-order valence-electron chi connectivity index (χ4n) is 1.17. The molecule has 1 rings (SSSR count). The zero-order valence-corrected chi connectivity index (χ0v) is 9.53. The van der Waals surface area contributed by atoms with Crippen LogP contribution in [-0.4, -0.2) is 44.3 Å². The van der Waals surface area contributed by atoms with E-state index in [1.54, 1.807) is 7.11 Å². The molecule has 1 aromatic rings. The van der Waals surface area contributed by atoms with E-state index in [0.717, 1.165) is 24.6 Å².